The Bertz CT molecular complexity index is 1810. The molecule has 0 spiro atoms. The fourth-order valence-electron chi connectivity index (χ4n) is 5.32. The van der Waals surface area contributed by atoms with Crippen LogP contribution in [0.15, 0.2) is 107 Å². The summed E-state index contributed by atoms with van der Waals surface area (Å²) in [5, 5.41) is 26.2. The third kappa shape index (κ3) is 8.72. The fourth-order valence-corrected chi connectivity index (χ4v) is 7.85. The molecule has 4 aromatic carbocycles. The molecule has 2 atom stereocenters. The lowest BCUT2D eigenvalue weighted by atomic mass is 10.1. The van der Waals surface area contributed by atoms with Gasteiger partial charge in [-0.2, -0.15) is 0 Å². The third-order valence-corrected chi connectivity index (χ3v) is 10.2. The maximum Gasteiger partial charge on any atom is 0.263 e. The second kappa shape index (κ2) is 16.4. The number of ether oxygens (including phenoxy) is 1. The van der Waals surface area contributed by atoms with Crippen LogP contribution in [0.1, 0.15) is 11.1 Å². The molecular formula is C35H34N4O8S2. The van der Waals surface area contributed by atoms with Crippen molar-refractivity contribution in [1.29, 1.82) is 0 Å². The maximum atomic E-state index is 12.9. The quantitative estimate of drug-likeness (QED) is 0.126. The lowest BCUT2D eigenvalue weighted by Gasteiger charge is -2.33. The summed E-state index contributed by atoms with van der Waals surface area (Å²) in [5.41, 5.74) is 6.44. The first-order valence-electron chi connectivity index (χ1n) is 15.1. The Morgan fingerprint density at radius 2 is 1.08 bits per heavy atom. The number of nitrogens with zero attached hydrogens (tertiary/aromatic N) is 2. The van der Waals surface area contributed by atoms with Gasteiger partial charge in [0.05, 0.1) is 29.0 Å². The zero-order chi connectivity index (χ0) is 34.9. The smallest absolute Gasteiger partial charge is 0.263 e. The van der Waals surface area contributed by atoms with Crippen LogP contribution >= 0.6 is 23.5 Å². The normalized spacial score (nSPS) is 16.5. The molecule has 2 heterocycles. The number of phenolic OH excluding ortho intramolecular Hbond substituents is 1. The fraction of sp³-hybridized carbons (Fsp3) is 0.200. The number of methoxy groups -OCH3 is 1. The number of hydrogen-bond acceptors (Lipinski definition) is 10. The summed E-state index contributed by atoms with van der Waals surface area (Å²) in [4.78, 5) is 53.5. The van der Waals surface area contributed by atoms with Gasteiger partial charge in [-0.3, -0.25) is 29.6 Å². The van der Waals surface area contributed by atoms with E-state index in [2.05, 4.69) is 0 Å². The van der Waals surface area contributed by atoms with Crippen molar-refractivity contribution in [2.24, 2.45) is 0 Å². The van der Waals surface area contributed by atoms with Crippen LogP contribution in [-0.2, 0) is 32.0 Å². The molecule has 4 aromatic rings. The zero-order valence-corrected chi connectivity index (χ0v) is 27.9. The highest BCUT2D eigenvalue weighted by molar-refractivity contribution is 8.01. The Labute approximate surface area is 291 Å². The number of benzene rings is 4. The van der Waals surface area contributed by atoms with E-state index in [1.807, 2.05) is 54.6 Å². The first-order valence-corrected chi connectivity index (χ1v) is 16.9. The van der Waals surface area contributed by atoms with Crippen molar-refractivity contribution >= 4 is 58.5 Å². The van der Waals surface area contributed by atoms with E-state index < -0.39 is 11.8 Å². The SMILES string of the molecule is COc1ccc(CC2Sc3ccccc3N(CC(=O)NO)C2=O)cc1.O=C(CN1C(=O)C(Cc2ccc(O)cc2)Sc2ccccc21)NO. The highest BCUT2D eigenvalue weighted by Crippen LogP contribution is 2.41. The molecule has 0 aliphatic carbocycles. The summed E-state index contributed by atoms with van der Waals surface area (Å²) in [5.74, 6) is -0.670. The van der Waals surface area contributed by atoms with E-state index >= 15 is 0 Å². The maximum absolute atomic E-state index is 12.9. The van der Waals surface area contributed by atoms with E-state index in [0.717, 1.165) is 26.7 Å². The molecule has 2 aliphatic heterocycles. The molecule has 6 rings (SSSR count). The van der Waals surface area contributed by atoms with E-state index in [0.29, 0.717) is 24.2 Å². The first-order chi connectivity index (χ1) is 23.7. The van der Waals surface area contributed by atoms with Gasteiger partial charge in [0.15, 0.2) is 0 Å². The topological polar surface area (TPSA) is 169 Å². The van der Waals surface area contributed by atoms with Crippen LogP contribution in [0.4, 0.5) is 11.4 Å². The second-order valence-electron chi connectivity index (χ2n) is 11.0. The van der Waals surface area contributed by atoms with Gasteiger partial charge in [0.2, 0.25) is 11.8 Å². The summed E-state index contributed by atoms with van der Waals surface area (Å²) >= 11 is 2.95. The monoisotopic (exact) mass is 702 g/mol. The van der Waals surface area contributed by atoms with E-state index in [1.54, 1.807) is 60.5 Å². The molecule has 0 aromatic heterocycles. The number of thioether (sulfide) groups is 2. The van der Waals surface area contributed by atoms with E-state index in [1.165, 1.54) is 33.3 Å². The minimum Gasteiger partial charge on any atom is -0.508 e. The van der Waals surface area contributed by atoms with Gasteiger partial charge in [0.1, 0.15) is 24.6 Å². The number of amides is 4. The van der Waals surface area contributed by atoms with Crippen molar-refractivity contribution in [2.45, 2.75) is 33.1 Å². The Hall–Kier alpha value is -5.02. The predicted octanol–water partition coefficient (Wildman–Crippen LogP) is 4.20. The molecular weight excluding hydrogens is 669 g/mol. The van der Waals surface area contributed by atoms with E-state index in [-0.39, 0.29) is 41.2 Å². The molecule has 14 heteroatoms. The molecule has 0 saturated heterocycles. The molecule has 254 valence electrons. The second-order valence-corrected chi connectivity index (χ2v) is 13.5. The lowest BCUT2D eigenvalue weighted by Crippen LogP contribution is -2.46. The largest absolute Gasteiger partial charge is 0.508 e. The number of anilines is 2. The van der Waals surface area contributed by atoms with E-state index in [9.17, 15) is 24.3 Å². The summed E-state index contributed by atoms with van der Waals surface area (Å²) in [6.07, 6.45) is 1.02. The number of aromatic hydroxyl groups is 1. The van der Waals surface area contributed by atoms with Crippen LogP contribution in [0.5, 0.6) is 11.5 Å². The number of nitrogens with one attached hydrogen (secondary N) is 2. The number of carbonyl (C=O) groups is 4. The minimum atomic E-state index is -0.645. The van der Waals surface area contributed by atoms with Gasteiger partial charge in [-0.25, -0.2) is 11.0 Å². The van der Waals surface area contributed by atoms with Crippen molar-refractivity contribution in [2.75, 3.05) is 30.0 Å². The number of hydroxylamine groups is 2. The van der Waals surface area contributed by atoms with Crippen molar-refractivity contribution in [3.05, 3.63) is 108 Å². The molecule has 12 nitrogen and oxygen atoms in total. The van der Waals surface area contributed by atoms with Crippen LogP contribution in [-0.4, -0.2) is 69.8 Å². The van der Waals surface area contributed by atoms with Crippen LogP contribution in [0.3, 0.4) is 0 Å². The van der Waals surface area contributed by atoms with Crippen molar-refractivity contribution in [3.8, 4) is 11.5 Å². The predicted molar refractivity (Wildman–Crippen MR) is 185 cm³/mol. The highest BCUT2D eigenvalue weighted by atomic mass is 32.2. The third-order valence-electron chi connectivity index (χ3n) is 7.72. The zero-order valence-electron chi connectivity index (χ0n) is 26.3. The Morgan fingerprint density at radius 3 is 1.49 bits per heavy atom. The number of rotatable bonds is 9. The van der Waals surface area contributed by atoms with E-state index in [4.69, 9.17) is 15.2 Å². The number of hydrogen-bond donors (Lipinski definition) is 5. The summed E-state index contributed by atoms with van der Waals surface area (Å²) in [7, 11) is 1.61. The lowest BCUT2D eigenvalue weighted by molar-refractivity contribution is -0.129. The molecule has 0 radical (unpaired) electrons. The first kappa shape index (κ1) is 35.3. The number of fused-ring (bicyclic) bond motifs is 2. The van der Waals surface area contributed by atoms with Crippen LogP contribution in [0.2, 0.25) is 0 Å². The number of para-hydroxylation sites is 2. The minimum absolute atomic E-state index is 0.150. The molecule has 0 bridgehead atoms. The van der Waals surface area contributed by atoms with Crippen LogP contribution in [0.25, 0.3) is 0 Å². The van der Waals surface area contributed by atoms with Gasteiger partial charge in [-0.15, -0.1) is 23.5 Å². The van der Waals surface area contributed by atoms with Crippen molar-refractivity contribution in [1.82, 2.24) is 11.0 Å². The average molecular weight is 703 g/mol. The van der Waals surface area contributed by atoms with Crippen molar-refractivity contribution in [3.63, 3.8) is 0 Å². The summed E-state index contributed by atoms with van der Waals surface area (Å²) in [6, 6.07) is 29.1. The van der Waals surface area contributed by atoms with Gasteiger partial charge in [0, 0.05) is 9.79 Å². The Morgan fingerprint density at radius 1 is 0.673 bits per heavy atom. The molecule has 49 heavy (non-hydrogen) atoms. The van der Waals surface area contributed by atoms with Gasteiger partial charge >= 0.3 is 0 Å². The van der Waals surface area contributed by atoms with Gasteiger partial charge in [0.25, 0.3) is 11.8 Å². The molecule has 2 unspecified atom stereocenters. The van der Waals surface area contributed by atoms with Gasteiger partial charge in [-0.05, 0) is 72.5 Å². The Kier molecular flexibility index (Phi) is 11.8. The van der Waals surface area contributed by atoms with Gasteiger partial charge < -0.3 is 19.6 Å². The van der Waals surface area contributed by atoms with Crippen molar-refractivity contribution < 1.29 is 39.4 Å². The van der Waals surface area contributed by atoms with Crippen LogP contribution in [0, 0.1) is 0 Å². The molecule has 0 fully saturated rings. The average Bonchev–Trinajstić information content (AvgIpc) is 3.13. The number of phenols is 1. The summed E-state index contributed by atoms with van der Waals surface area (Å²) in [6.45, 7) is -0.453. The molecule has 5 N–H and O–H groups in total. The summed E-state index contributed by atoms with van der Waals surface area (Å²) < 4.78 is 5.15. The standard InChI is InChI=1S/C18H18N2O4S.C17H16N2O4S/c1-24-13-8-6-12(7-9-13)10-16-18(22)20(11-17(21)19-23)14-4-2-3-5-15(14)25-16;20-12-7-5-11(6-8-12)9-15-17(22)19(10-16(21)18-23)13-3-1-2-4-14(13)24-15/h2-9,16,23H,10-11H2,1H3,(H,19,21);1-8,15,20,23H,9-10H2,(H,18,21). The number of carbonyl (C=O) groups excluding carboxylic acids is 4. The molecule has 0 saturated carbocycles. The van der Waals surface area contributed by atoms with Gasteiger partial charge in [-0.1, -0.05) is 48.5 Å². The Balaban J connectivity index is 0.000000191. The molecule has 4 amide bonds. The molecule has 2 aliphatic rings. The highest BCUT2D eigenvalue weighted by Gasteiger charge is 2.35. The van der Waals surface area contributed by atoms with Crippen LogP contribution < -0.4 is 25.5 Å².